The Morgan fingerprint density at radius 3 is 2.81 bits per heavy atom. The van der Waals surface area contributed by atoms with Gasteiger partial charge < -0.3 is 4.74 Å². The fourth-order valence-corrected chi connectivity index (χ4v) is 2.47. The minimum Gasteiger partial charge on any atom is -0.469 e. The first-order valence-corrected chi connectivity index (χ1v) is 5.80. The third-order valence-corrected chi connectivity index (χ3v) is 3.45. The first-order chi connectivity index (χ1) is 7.60. The van der Waals surface area contributed by atoms with Gasteiger partial charge in [0, 0.05) is 12.8 Å². The van der Waals surface area contributed by atoms with Crippen LogP contribution in [0, 0.1) is 17.8 Å². The summed E-state index contributed by atoms with van der Waals surface area (Å²) in [6.07, 6.45) is 6.08. The van der Waals surface area contributed by atoms with Crippen molar-refractivity contribution in [3.63, 3.8) is 0 Å². The molecule has 90 valence electrons. The van der Waals surface area contributed by atoms with Gasteiger partial charge in [0.05, 0.1) is 13.0 Å². The minimum absolute atomic E-state index is 0.149. The number of rotatable bonds is 4. The second-order valence-electron chi connectivity index (χ2n) is 4.49. The molecular weight excluding hydrogens is 204 g/mol. The lowest BCUT2D eigenvalue weighted by atomic mass is 9.83. The zero-order chi connectivity index (χ0) is 12.1. The highest BCUT2D eigenvalue weighted by molar-refractivity contribution is 5.83. The molecule has 3 heteroatoms. The molecule has 0 aromatic heterocycles. The molecule has 1 aliphatic rings. The molecular formula is C13H20O3. The number of ether oxygens (including phenoxy) is 1. The van der Waals surface area contributed by atoms with Crippen LogP contribution in [0.15, 0.2) is 12.2 Å². The average Bonchev–Trinajstić information content (AvgIpc) is 2.65. The Morgan fingerprint density at radius 2 is 2.25 bits per heavy atom. The summed E-state index contributed by atoms with van der Waals surface area (Å²) in [5.41, 5.74) is 0. The molecule has 3 unspecified atom stereocenters. The van der Waals surface area contributed by atoms with Crippen LogP contribution in [0.5, 0.6) is 0 Å². The van der Waals surface area contributed by atoms with Crippen molar-refractivity contribution in [1.29, 1.82) is 0 Å². The topological polar surface area (TPSA) is 43.4 Å². The molecule has 0 amide bonds. The smallest absolute Gasteiger partial charge is 0.308 e. The third kappa shape index (κ3) is 2.94. The van der Waals surface area contributed by atoms with E-state index in [1.54, 1.807) is 0 Å². The fraction of sp³-hybridized carbons (Fsp3) is 0.692. The monoisotopic (exact) mass is 224 g/mol. The molecule has 0 N–H and O–H groups in total. The van der Waals surface area contributed by atoms with Gasteiger partial charge in [-0.3, -0.25) is 9.59 Å². The van der Waals surface area contributed by atoms with E-state index in [9.17, 15) is 9.59 Å². The number of methoxy groups -OCH3 is 1. The molecule has 3 nitrogen and oxygen atoms in total. The van der Waals surface area contributed by atoms with Crippen LogP contribution in [0.1, 0.15) is 33.1 Å². The van der Waals surface area contributed by atoms with Crippen LogP contribution in [0.4, 0.5) is 0 Å². The van der Waals surface area contributed by atoms with Crippen molar-refractivity contribution in [3.05, 3.63) is 12.2 Å². The summed E-state index contributed by atoms with van der Waals surface area (Å²) < 4.78 is 4.74. The Hall–Kier alpha value is -1.12. The molecule has 1 rings (SSSR count). The van der Waals surface area contributed by atoms with E-state index >= 15 is 0 Å². The molecule has 1 aliphatic carbocycles. The highest BCUT2D eigenvalue weighted by Gasteiger charge is 2.38. The van der Waals surface area contributed by atoms with Gasteiger partial charge in [-0.25, -0.2) is 0 Å². The zero-order valence-electron chi connectivity index (χ0n) is 10.2. The Morgan fingerprint density at radius 1 is 1.56 bits per heavy atom. The van der Waals surface area contributed by atoms with Crippen LogP contribution in [0.3, 0.4) is 0 Å². The normalized spacial score (nSPS) is 27.3. The molecule has 0 bridgehead atoms. The van der Waals surface area contributed by atoms with E-state index in [1.807, 2.05) is 19.9 Å². The molecule has 0 aromatic carbocycles. The molecule has 1 saturated carbocycles. The van der Waals surface area contributed by atoms with Crippen molar-refractivity contribution < 1.29 is 14.3 Å². The Balaban J connectivity index is 2.68. The molecule has 3 atom stereocenters. The molecule has 1 fully saturated rings. The van der Waals surface area contributed by atoms with Crippen LogP contribution >= 0.6 is 0 Å². The SMILES string of the molecule is C/C=C\CC1CC(=O)CC1C(C)C(=O)OC. The lowest BCUT2D eigenvalue weighted by molar-refractivity contribution is -0.147. The molecule has 0 heterocycles. The molecule has 0 radical (unpaired) electrons. The maximum atomic E-state index is 11.5. The van der Waals surface area contributed by atoms with Gasteiger partial charge in [0.1, 0.15) is 5.78 Å². The van der Waals surface area contributed by atoms with Crippen molar-refractivity contribution >= 4 is 11.8 Å². The number of ketones is 1. The van der Waals surface area contributed by atoms with E-state index in [4.69, 9.17) is 4.74 Å². The number of esters is 1. The summed E-state index contributed by atoms with van der Waals surface area (Å²) in [4.78, 5) is 22.9. The lowest BCUT2D eigenvalue weighted by Crippen LogP contribution is -2.25. The number of hydrogen-bond donors (Lipinski definition) is 0. The first-order valence-electron chi connectivity index (χ1n) is 5.80. The van der Waals surface area contributed by atoms with E-state index in [1.165, 1.54) is 7.11 Å². The average molecular weight is 224 g/mol. The van der Waals surface area contributed by atoms with Gasteiger partial charge >= 0.3 is 5.97 Å². The highest BCUT2D eigenvalue weighted by Crippen LogP contribution is 2.37. The van der Waals surface area contributed by atoms with Crippen molar-refractivity contribution in [1.82, 2.24) is 0 Å². The third-order valence-electron chi connectivity index (χ3n) is 3.45. The Bertz CT molecular complexity index is 294. The molecule has 0 saturated heterocycles. The predicted octanol–water partition coefficient (Wildman–Crippen LogP) is 2.36. The summed E-state index contributed by atoms with van der Waals surface area (Å²) in [6.45, 7) is 3.83. The molecule has 0 aromatic rings. The van der Waals surface area contributed by atoms with E-state index < -0.39 is 0 Å². The van der Waals surface area contributed by atoms with Crippen LogP contribution < -0.4 is 0 Å². The van der Waals surface area contributed by atoms with Crippen molar-refractivity contribution in [2.45, 2.75) is 33.1 Å². The van der Waals surface area contributed by atoms with Gasteiger partial charge in [0.2, 0.25) is 0 Å². The molecule has 16 heavy (non-hydrogen) atoms. The predicted molar refractivity (Wildman–Crippen MR) is 61.8 cm³/mol. The van der Waals surface area contributed by atoms with Gasteiger partial charge in [-0.15, -0.1) is 0 Å². The van der Waals surface area contributed by atoms with Crippen LogP contribution in [0.25, 0.3) is 0 Å². The highest BCUT2D eigenvalue weighted by atomic mass is 16.5. The van der Waals surface area contributed by atoms with Crippen LogP contribution in [-0.2, 0) is 14.3 Å². The standard InChI is InChI=1S/C13H20O3/c1-4-5-6-10-7-11(14)8-12(10)9(2)13(15)16-3/h4-5,9-10,12H,6-8H2,1-3H3/b5-4-. The van der Waals surface area contributed by atoms with E-state index in [0.29, 0.717) is 18.8 Å². The second kappa shape index (κ2) is 5.83. The summed E-state index contributed by atoms with van der Waals surface area (Å²) in [6, 6.07) is 0. The number of Topliss-reactive ketones (excluding diaryl/α,β-unsaturated/α-hetero) is 1. The second-order valence-corrected chi connectivity index (χ2v) is 4.49. The quantitative estimate of drug-likeness (QED) is 0.544. The van der Waals surface area contributed by atoms with Crippen LogP contribution in [-0.4, -0.2) is 18.9 Å². The number of hydrogen-bond acceptors (Lipinski definition) is 3. The van der Waals surface area contributed by atoms with Crippen LogP contribution in [0.2, 0.25) is 0 Å². The van der Waals surface area contributed by atoms with Gasteiger partial charge in [0.15, 0.2) is 0 Å². The summed E-state index contributed by atoms with van der Waals surface area (Å²) >= 11 is 0. The van der Waals surface area contributed by atoms with Gasteiger partial charge in [-0.1, -0.05) is 19.1 Å². The summed E-state index contributed by atoms with van der Waals surface area (Å²) in [5, 5.41) is 0. The molecule has 0 aliphatic heterocycles. The Labute approximate surface area is 96.9 Å². The summed E-state index contributed by atoms with van der Waals surface area (Å²) in [5.74, 6) is 0.348. The fourth-order valence-electron chi connectivity index (χ4n) is 2.47. The van der Waals surface area contributed by atoms with E-state index in [-0.39, 0.29) is 23.6 Å². The largest absolute Gasteiger partial charge is 0.469 e. The minimum atomic E-state index is -0.204. The molecule has 0 spiro atoms. The Kier molecular flexibility index (Phi) is 4.71. The maximum Gasteiger partial charge on any atom is 0.308 e. The van der Waals surface area contributed by atoms with Crippen molar-refractivity contribution in [2.75, 3.05) is 7.11 Å². The maximum absolute atomic E-state index is 11.5. The van der Waals surface area contributed by atoms with Gasteiger partial charge in [-0.2, -0.15) is 0 Å². The lowest BCUT2D eigenvalue weighted by Gasteiger charge is -2.22. The zero-order valence-corrected chi connectivity index (χ0v) is 10.2. The van der Waals surface area contributed by atoms with Gasteiger partial charge in [0.25, 0.3) is 0 Å². The number of carbonyl (C=O) groups excluding carboxylic acids is 2. The summed E-state index contributed by atoms with van der Waals surface area (Å²) in [7, 11) is 1.40. The van der Waals surface area contributed by atoms with E-state index in [2.05, 4.69) is 6.08 Å². The first kappa shape index (κ1) is 12.9. The van der Waals surface area contributed by atoms with Crippen molar-refractivity contribution in [2.24, 2.45) is 17.8 Å². The van der Waals surface area contributed by atoms with Gasteiger partial charge in [-0.05, 0) is 25.2 Å². The number of allylic oxidation sites excluding steroid dienone is 2. The number of carbonyl (C=O) groups is 2. The van der Waals surface area contributed by atoms with E-state index in [0.717, 1.165) is 6.42 Å². The van der Waals surface area contributed by atoms with Crippen molar-refractivity contribution in [3.8, 4) is 0 Å².